The van der Waals surface area contributed by atoms with Crippen LogP contribution >= 0.6 is 0 Å². The first-order valence-electron chi connectivity index (χ1n) is 7.68. The van der Waals surface area contributed by atoms with E-state index in [-0.39, 0.29) is 5.41 Å². The van der Waals surface area contributed by atoms with Crippen LogP contribution in [0.25, 0.3) is 0 Å². The van der Waals surface area contributed by atoms with Crippen LogP contribution in [0.1, 0.15) is 74.7 Å². The van der Waals surface area contributed by atoms with Crippen molar-refractivity contribution in [2.45, 2.75) is 74.7 Å². The van der Waals surface area contributed by atoms with E-state index in [4.69, 9.17) is 4.74 Å². The van der Waals surface area contributed by atoms with E-state index in [0.29, 0.717) is 5.41 Å². The zero-order valence-electron chi connectivity index (χ0n) is 14.1. The molecule has 0 aliphatic carbocycles. The molecule has 1 nitrogen and oxygen atoms in total. The van der Waals surface area contributed by atoms with Crippen molar-refractivity contribution in [2.24, 2.45) is 22.7 Å². The molecular weight excluding hydrogens is 220 g/mol. The molecular formula is C17H36O. The summed E-state index contributed by atoms with van der Waals surface area (Å²) in [4.78, 5) is 0. The van der Waals surface area contributed by atoms with Gasteiger partial charge in [0.2, 0.25) is 0 Å². The molecule has 0 aliphatic heterocycles. The fraction of sp³-hybridized carbons (Fsp3) is 1.00. The molecule has 0 fully saturated rings. The SMILES string of the molecule is CCC(COCC(C)(C)C)(CC(C)C)CC(C)C. The molecule has 0 radical (unpaired) electrons. The lowest BCUT2D eigenvalue weighted by Gasteiger charge is -2.36. The monoisotopic (exact) mass is 256 g/mol. The molecule has 1 heteroatoms. The van der Waals surface area contributed by atoms with Gasteiger partial charge in [0.25, 0.3) is 0 Å². The van der Waals surface area contributed by atoms with Crippen LogP contribution in [-0.2, 0) is 4.74 Å². The zero-order chi connectivity index (χ0) is 14.4. The largest absolute Gasteiger partial charge is 0.380 e. The van der Waals surface area contributed by atoms with Crippen molar-refractivity contribution in [3.05, 3.63) is 0 Å². The van der Waals surface area contributed by atoms with E-state index in [1.165, 1.54) is 19.3 Å². The van der Waals surface area contributed by atoms with Crippen molar-refractivity contribution in [1.29, 1.82) is 0 Å². The molecule has 0 spiro atoms. The van der Waals surface area contributed by atoms with Crippen molar-refractivity contribution in [1.82, 2.24) is 0 Å². The maximum Gasteiger partial charge on any atom is 0.0522 e. The summed E-state index contributed by atoms with van der Waals surface area (Å²) in [5.74, 6) is 1.50. The van der Waals surface area contributed by atoms with Gasteiger partial charge in [-0.1, -0.05) is 55.4 Å². The van der Waals surface area contributed by atoms with Crippen LogP contribution in [0.5, 0.6) is 0 Å². The topological polar surface area (TPSA) is 9.23 Å². The fourth-order valence-corrected chi connectivity index (χ4v) is 2.90. The van der Waals surface area contributed by atoms with Gasteiger partial charge in [-0.05, 0) is 41.9 Å². The van der Waals surface area contributed by atoms with E-state index < -0.39 is 0 Å². The first-order chi connectivity index (χ1) is 8.10. The Morgan fingerprint density at radius 2 is 1.28 bits per heavy atom. The summed E-state index contributed by atoms with van der Waals surface area (Å²) in [7, 11) is 0. The fourth-order valence-electron chi connectivity index (χ4n) is 2.90. The lowest BCUT2D eigenvalue weighted by molar-refractivity contribution is -0.0129. The second-order valence-electron chi connectivity index (χ2n) is 8.10. The Bertz CT molecular complexity index is 200. The van der Waals surface area contributed by atoms with E-state index in [1.807, 2.05) is 0 Å². The van der Waals surface area contributed by atoms with Crippen LogP contribution in [0.4, 0.5) is 0 Å². The molecule has 0 aromatic carbocycles. The molecule has 110 valence electrons. The molecule has 0 aromatic rings. The third-order valence-electron chi connectivity index (χ3n) is 3.38. The van der Waals surface area contributed by atoms with E-state index in [2.05, 4.69) is 55.4 Å². The van der Waals surface area contributed by atoms with Gasteiger partial charge in [-0.3, -0.25) is 0 Å². The number of hydrogen-bond donors (Lipinski definition) is 0. The molecule has 18 heavy (non-hydrogen) atoms. The molecule has 0 atom stereocenters. The predicted octanol–water partition coefficient (Wildman–Crippen LogP) is 5.54. The van der Waals surface area contributed by atoms with Gasteiger partial charge in [-0.15, -0.1) is 0 Å². The van der Waals surface area contributed by atoms with Gasteiger partial charge in [0.1, 0.15) is 0 Å². The van der Waals surface area contributed by atoms with Crippen molar-refractivity contribution in [3.8, 4) is 0 Å². The van der Waals surface area contributed by atoms with Gasteiger partial charge in [0, 0.05) is 0 Å². The quantitative estimate of drug-likeness (QED) is 0.554. The Labute approximate surface area is 116 Å². The van der Waals surface area contributed by atoms with Gasteiger partial charge >= 0.3 is 0 Å². The lowest BCUT2D eigenvalue weighted by atomic mass is 9.73. The maximum absolute atomic E-state index is 6.06. The molecule has 0 N–H and O–H groups in total. The standard InChI is InChI=1S/C17H36O/c1-9-17(10-14(2)3,11-15(4)5)13-18-12-16(6,7)8/h14-15H,9-13H2,1-8H3. The van der Waals surface area contributed by atoms with Gasteiger partial charge in [0.15, 0.2) is 0 Å². The van der Waals surface area contributed by atoms with E-state index in [9.17, 15) is 0 Å². The van der Waals surface area contributed by atoms with Crippen LogP contribution in [-0.4, -0.2) is 13.2 Å². The van der Waals surface area contributed by atoms with Crippen molar-refractivity contribution in [3.63, 3.8) is 0 Å². The summed E-state index contributed by atoms with van der Waals surface area (Å²) in [5, 5.41) is 0. The van der Waals surface area contributed by atoms with Gasteiger partial charge in [0.05, 0.1) is 13.2 Å². The average molecular weight is 256 g/mol. The molecule has 0 amide bonds. The first-order valence-corrected chi connectivity index (χ1v) is 7.68. The Morgan fingerprint density at radius 1 is 0.833 bits per heavy atom. The van der Waals surface area contributed by atoms with E-state index >= 15 is 0 Å². The first kappa shape index (κ1) is 18.0. The molecule has 0 heterocycles. The van der Waals surface area contributed by atoms with Crippen LogP contribution in [0.3, 0.4) is 0 Å². The number of ether oxygens (including phenoxy) is 1. The highest BCUT2D eigenvalue weighted by Gasteiger charge is 2.30. The Hall–Kier alpha value is -0.0400. The molecule has 0 aromatic heterocycles. The Kier molecular flexibility index (Phi) is 7.51. The molecule has 0 aliphatic rings. The van der Waals surface area contributed by atoms with Crippen LogP contribution < -0.4 is 0 Å². The third-order valence-corrected chi connectivity index (χ3v) is 3.38. The minimum atomic E-state index is 0.273. The Balaban J connectivity index is 4.53. The smallest absolute Gasteiger partial charge is 0.0522 e. The summed E-state index contributed by atoms with van der Waals surface area (Å²) in [5.41, 5.74) is 0.655. The van der Waals surface area contributed by atoms with Crippen LogP contribution in [0.15, 0.2) is 0 Å². The minimum Gasteiger partial charge on any atom is -0.380 e. The zero-order valence-corrected chi connectivity index (χ0v) is 14.1. The van der Waals surface area contributed by atoms with E-state index in [0.717, 1.165) is 25.0 Å². The van der Waals surface area contributed by atoms with Gasteiger partial charge in [-0.25, -0.2) is 0 Å². The highest BCUT2D eigenvalue weighted by molar-refractivity contribution is 4.81. The molecule has 0 saturated heterocycles. The van der Waals surface area contributed by atoms with E-state index in [1.54, 1.807) is 0 Å². The highest BCUT2D eigenvalue weighted by Crippen LogP contribution is 2.37. The van der Waals surface area contributed by atoms with Crippen molar-refractivity contribution in [2.75, 3.05) is 13.2 Å². The molecule has 0 rings (SSSR count). The predicted molar refractivity (Wildman–Crippen MR) is 81.9 cm³/mol. The summed E-state index contributed by atoms with van der Waals surface area (Å²) < 4.78 is 6.06. The maximum atomic E-state index is 6.06. The molecule has 0 bridgehead atoms. The van der Waals surface area contributed by atoms with Crippen LogP contribution in [0.2, 0.25) is 0 Å². The van der Waals surface area contributed by atoms with Gasteiger partial charge in [-0.2, -0.15) is 0 Å². The van der Waals surface area contributed by atoms with Gasteiger partial charge < -0.3 is 4.74 Å². The highest BCUT2D eigenvalue weighted by atomic mass is 16.5. The van der Waals surface area contributed by atoms with Crippen molar-refractivity contribution >= 4 is 0 Å². The normalized spacial score (nSPS) is 13.7. The van der Waals surface area contributed by atoms with Crippen molar-refractivity contribution < 1.29 is 4.74 Å². The molecule has 0 saturated carbocycles. The summed E-state index contributed by atoms with van der Waals surface area (Å²) in [6, 6.07) is 0. The molecule has 0 unspecified atom stereocenters. The minimum absolute atomic E-state index is 0.273. The lowest BCUT2D eigenvalue weighted by Crippen LogP contribution is -2.31. The van der Waals surface area contributed by atoms with Crippen LogP contribution in [0, 0.1) is 22.7 Å². The summed E-state index contributed by atoms with van der Waals surface area (Å²) >= 11 is 0. The summed E-state index contributed by atoms with van der Waals surface area (Å²) in [6.45, 7) is 20.2. The average Bonchev–Trinajstić information content (AvgIpc) is 2.13. The number of hydrogen-bond acceptors (Lipinski definition) is 1. The second kappa shape index (κ2) is 7.53. The second-order valence-corrected chi connectivity index (χ2v) is 8.10. The summed E-state index contributed by atoms with van der Waals surface area (Å²) in [6.07, 6.45) is 3.80. The third kappa shape index (κ3) is 8.13. The number of rotatable bonds is 8. The Morgan fingerprint density at radius 3 is 1.56 bits per heavy atom.